The van der Waals surface area contributed by atoms with Crippen LogP contribution in [0.2, 0.25) is 5.02 Å². The molecule has 3 rings (SSSR count). The molecule has 0 aromatic heterocycles. The summed E-state index contributed by atoms with van der Waals surface area (Å²) in [5.74, 6) is -0.347. The zero-order valence-electron chi connectivity index (χ0n) is 15.0. The maximum absolute atomic E-state index is 12.4. The number of rotatable bonds is 5. The Labute approximate surface area is 163 Å². The first-order chi connectivity index (χ1) is 13.0. The molecule has 0 saturated carbocycles. The lowest BCUT2D eigenvalue weighted by atomic mass is 10.1. The number of carbonyl (C=O) groups is 1. The molecule has 2 aromatic carbocycles. The van der Waals surface area contributed by atoms with Gasteiger partial charge in [-0.3, -0.25) is 14.9 Å². The SMILES string of the molecule is O=C(NCc1cccc(Cl)c1)c1ccc(N2CCCCCC2)c([N+](=O)[O-])c1. The van der Waals surface area contributed by atoms with Gasteiger partial charge in [-0.25, -0.2) is 0 Å². The molecular formula is C20H22ClN3O3. The number of nitrogens with one attached hydrogen (secondary N) is 1. The van der Waals surface area contributed by atoms with E-state index in [0.717, 1.165) is 44.3 Å². The van der Waals surface area contributed by atoms with Gasteiger partial charge in [-0.1, -0.05) is 36.6 Å². The summed E-state index contributed by atoms with van der Waals surface area (Å²) < 4.78 is 0. The summed E-state index contributed by atoms with van der Waals surface area (Å²) in [4.78, 5) is 25.7. The van der Waals surface area contributed by atoms with E-state index in [2.05, 4.69) is 10.2 Å². The average Bonchev–Trinajstić information content (AvgIpc) is 2.95. The van der Waals surface area contributed by atoms with E-state index in [0.29, 0.717) is 17.3 Å². The Morgan fingerprint density at radius 1 is 1.11 bits per heavy atom. The minimum atomic E-state index is -0.409. The Balaban J connectivity index is 1.76. The molecule has 0 aliphatic carbocycles. The van der Waals surface area contributed by atoms with E-state index in [1.165, 1.54) is 6.07 Å². The number of nitro groups is 1. The van der Waals surface area contributed by atoms with E-state index < -0.39 is 4.92 Å². The zero-order valence-corrected chi connectivity index (χ0v) is 15.7. The van der Waals surface area contributed by atoms with Crippen LogP contribution in [0.5, 0.6) is 0 Å². The number of hydrogen-bond acceptors (Lipinski definition) is 4. The van der Waals surface area contributed by atoms with Gasteiger partial charge < -0.3 is 10.2 Å². The minimum Gasteiger partial charge on any atom is -0.366 e. The Morgan fingerprint density at radius 3 is 2.52 bits per heavy atom. The standard InChI is InChI=1S/C20H22ClN3O3/c21-17-7-5-6-15(12-17)14-22-20(25)16-8-9-18(19(13-16)24(26)27)23-10-3-1-2-4-11-23/h5-9,12-13H,1-4,10-11,14H2,(H,22,25). The molecule has 7 heteroatoms. The van der Waals surface area contributed by atoms with Crippen molar-refractivity contribution in [2.45, 2.75) is 32.2 Å². The van der Waals surface area contributed by atoms with Gasteiger partial charge in [-0.2, -0.15) is 0 Å². The molecule has 0 atom stereocenters. The van der Waals surface area contributed by atoms with Crippen LogP contribution in [0, 0.1) is 10.1 Å². The number of nitro benzene ring substituents is 1. The first-order valence-corrected chi connectivity index (χ1v) is 9.48. The first-order valence-electron chi connectivity index (χ1n) is 9.10. The summed E-state index contributed by atoms with van der Waals surface area (Å²) in [6.45, 7) is 1.92. The van der Waals surface area contributed by atoms with E-state index in [1.54, 1.807) is 24.3 Å². The van der Waals surface area contributed by atoms with Crippen molar-refractivity contribution in [3.05, 3.63) is 68.7 Å². The lowest BCUT2D eigenvalue weighted by Gasteiger charge is -2.22. The van der Waals surface area contributed by atoms with Crippen molar-refractivity contribution in [3.8, 4) is 0 Å². The van der Waals surface area contributed by atoms with Gasteiger partial charge >= 0.3 is 0 Å². The van der Waals surface area contributed by atoms with Gasteiger partial charge in [0.25, 0.3) is 11.6 Å². The summed E-state index contributed by atoms with van der Waals surface area (Å²) in [5.41, 5.74) is 1.72. The van der Waals surface area contributed by atoms with Gasteiger partial charge in [-0.05, 0) is 42.7 Å². The van der Waals surface area contributed by atoms with Gasteiger partial charge in [0.2, 0.25) is 0 Å². The van der Waals surface area contributed by atoms with Crippen LogP contribution in [-0.4, -0.2) is 23.9 Å². The molecule has 1 N–H and O–H groups in total. The van der Waals surface area contributed by atoms with Crippen molar-refractivity contribution in [2.75, 3.05) is 18.0 Å². The van der Waals surface area contributed by atoms with E-state index in [-0.39, 0.29) is 17.2 Å². The normalized spacial score (nSPS) is 14.5. The highest BCUT2D eigenvalue weighted by molar-refractivity contribution is 6.30. The Morgan fingerprint density at radius 2 is 1.85 bits per heavy atom. The highest BCUT2D eigenvalue weighted by Crippen LogP contribution is 2.31. The second kappa shape index (κ2) is 8.86. The summed E-state index contributed by atoms with van der Waals surface area (Å²) in [5, 5.41) is 15.0. The number of hydrogen-bond donors (Lipinski definition) is 1. The van der Waals surface area contributed by atoms with Crippen LogP contribution in [0.1, 0.15) is 41.6 Å². The molecule has 0 spiro atoms. The molecular weight excluding hydrogens is 366 g/mol. The highest BCUT2D eigenvalue weighted by Gasteiger charge is 2.22. The molecule has 27 heavy (non-hydrogen) atoms. The number of nitrogens with zero attached hydrogens (tertiary/aromatic N) is 2. The van der Waals surface area contributed by atoms with E-state index in [4.69, 9.17) is 11.6 Å². The summed E-state index contributed by atoms with van der Waals surface area (Å²) in [6.07, 6.45) is 4.35. The highest BCUT2D eigenvalue weighted by atomic mass is 35.5. The van der Waals surface area contributed by atoms with Crippen LogP contribution in [0.4, 0.5) is 11.4 Å². The second-order valence-electron chi connectivity index (χ2n) is 6.67. The predicted octanol–water partition coefficient (Wildman–Crippen LogP) is 4.56. The van der Waals surface area contributed by atoms with Crippen molar-refractivity contribution >= 4 is 28.9 Å². The van der Waals surface area contributed by atoms with Crippen LogP contribution >= 0.6 is 11.6 Å². The van der Waals surface area contributed by atoms with Crippen molar-refractivity contribution in [1.82, 2.24) is 5.32 Å². The molecule has 1 aliphatic heterocycles. The number of benzene rings is 2. The molecule has 1 aliphatic rings. The molecule has 0 unspecified atom stereocenters. The smallest absolute Gasteiger partial charge is 0.293 e. The van der Waals surface area contributed by atoms with E-state index in [1.807, 2.05) is 12.1 Å². The minimum absolute atomic E-state index is 0.0210. The monoisotopic (exact) mass is 387 g/mol. The lowest BCUT2D eigenvalue weighted by Crippen LogP contribution is -2.26. The van der Waals surface area contributed by atoms with Gasteiger partial charge in [0.05, 0.1) is 4.92 Å². The number of carbonyl (C=O) groups excluding carboxylic acids is 1. The summed E-state index contributed by atoms with van der Waals surface area (Å²) in [7, 11) is 0. The maximum atomic E-state index is 12.4. The first kappa shape index (κ1) is 19.2. The molecule has 142 valence electrons. The van der Waals surface area contributed by atoms with Crippen molar-refractivity contribution in [2.24, 2.45) is 0 Å². The topological polar surface area (TPSA) is 75.5 Å². The predicted molar refractivity (Wildman–Crippen MR) is 106 cm³/mol. The van der Waals surface area contributed by atoms with Gasteiger partial charge in [0.1, 0.15) is 5.69 Å². The summed E-state index contributed by atoms with van der Waals surface area (Å²) >= 11 is 5.94. The van der Waals surface area contributed by atoms with Crippen molar-refractivity contribution in [1.29, 1.82) is 0 Å². The number of amides is 1. The molecule has 1 fully saturated rings. The van der Waals surface area contributed by atoms with Crippen molar-refractivity contribution in [3.63, 3.8) is 0 Å². The molecule has 1 amide bonds. The summed E-state index contributed by atoms with van der Waals surface area (Å²) in [6, 6.07) is 11.9. The number of anilines is 1. The Bertz CT molecular complexity index is 833. The van der Waals surface area contributed by atoms with E-state index >= 15 is 0 Å². The third-order valence-electron chi connectivity index (χ3n) is 4.72. The van der Waals surface area contributed by atoms with Crippen LogP contribution in [0.25, 0.3) is 0 Å². The maximum Gasteiger partial charge on any atom is 0.293 e. The van der Waals surface area contributed by atoms with Gasteiger partial charge in [-0.15, -0.1) is 0 Å². The quantitative estimate of drug-likeness (QED) is 0.602. The van der Waals surface area contributed by atoms with Crippen LogP contribution in [0.3, 0.4) is 0 Å². The third kappa shape index (κ3) is 4.98. The van der Waals surface area contributed by atoms with E-state index in [9.17, 15) is 14.9 Å². The zero-order chi connectivity index (χ0) is 19.2. The van der Waals surface area contributed by atoms with Gasteiger partial charge in [0.15, 0.2) is 0 Å². The molecule has 2 aromatic rings. The fraction of sp³-hybridized carbons (Fsp3) is 0.350. The van der Waals surface area contributed by atoms with Gasteiger partial charge in [0, 0.05) is 36.3 Å². The lowest BCUT2D eigenvalue weighted by molar-refractivity contribution is -0.384. The largest absolute Gasteiger partial charge is 0.366 e. The fourth-order valence-electron chi connectivity index (χ4n) is 3.32. The Kier molecular flexibility index (Phi) is 6.29. The van der Waals surface area contributed by atoms with Crippen LogP contribution in [0.15, 0.2) is 42.5 Å². The third-order valence-corrected chi connectivity index (χ3v) is 4.96. The second-order valence-corrected chi connectivity index (χ2v) is 7.11. The van der Waals surface area contributed by atoms with Crippen LogP contribution < -0.4 is 10.2 Å². The van der Waals surface area contributed by atoms with Crippen LogP contribution in [-0.2, 0) is 6.54 Å². The average molecular weight is 388 g/mol. The molecule has 6 nitrogen and oxygen atoms in total. The molecule has 0 radical (unpaired) electrons. The molecule has 1 saturated heterocycles. The van der Waals surface area contributed by atoms with Crippen molar-refractivity contribution < 1.29 is 9.72 Å². The fourth-order valence-corrected chi connectivity index (χ4v) is 3.53. The Hall–Kier alpha value is -2.60. The number of halogens is 1. The molecule has 0 bridgehead atoms. The molecule has 1 heterocycles.